The highest BCUT2D eigenvalue weighted by Crippen LogP contribution is 2.24. The molecule has 1 aliphatic heterocycles. The van der Waals surface area contributed by atoms with Crippen molar-refractivity contribution in [2.75, 3.05) is 17.2 Å². The molecule has 7 nitrogen and oxygen atoms in total. The molecule has 0 saturated carbocycles. The number of nitrogens with one attached hydrogen (secondary N) is 2. The summed E-state index contributed by atoms with van der Waals surface area (Å²) in [5.74, 6) is -0.417. The first-order valence-electron chi connectivity index (χ1n) is 9.32. The van der Waals surface area contributed by atoms with E-state index in [1.165, 1.54) is 6.26 Å². The Morgan fingerprint density at radius 1 is 1.07 bits per heavy atom. The molecule has 1 aromatic heterocycles. The summed E-state index contributed by atoms with van der Waals surface area (Å²) in [6, 6.07) is 9.67. The lowest BCUT2D eigenvalue weighted by Crippen LogP contribution is -2.43. The van der Waals surface area contributed by atoms with Crippen LogP contribution in [-0.4, -0.2) is 35.2 Å². The minimum atomic E-state index is -0.551. The molecule has 7 heteroatoms. The third kappa shape index (κ3) is 4.42. The highest BCUT2D eigenvalue weighted by atomic mass is 16.3. The summed E-state index contributed by atoms with van der Waals surface area (Å²) >= 11 is 0. The number of carbonyl (C=O) groups is 3. The van der Waals surface area contributed by atoms with Gasteiger partial charge < -0.3 is 20.0 Å². The van der Waals surface area contributed by atoms with E-state index in [2.05, 4.69) is 10.6 Å². The quantitative estimate of drug-likeness (QED) is 0.845. The molecule has 148 valence electrons. The maximum atomic E-state index is 12.8. The van der Waals surface area contributed by atoms with Gasteiger partial charge in [0.2, 0.25) is 11.8 Å². The fraction of sp³-hybridized carbons (Fsp3) is 0.381. The molecule has 2 heterocycles. The Labute approximate surface area is 164 Å². The van der Waals surface area contributed by atoms with E-state index < -0.39 is 11.5 Å². The number of likely N-dealkylation sites (tertiary alicyclic amines) is 1. The van der Waals surface area contributed by atoms with E-state index in [4.69, 9.17) is 4.42 Å². The Bertz CT molecular complexity index is 868. The van der Waals surface area contributed by atoms with E-state index in [-0.39, 0.29) is 23.5 Å². The average molecular weight is 383 g/mol. The molecule has 3 amide bonds. The topological polar surface area (TPSA) is 91.7 Å². The molecule has 28 heavy (non-hydrogen) atoms. The Kier molecular flexibility index (Phi) is 5.53. The summed E-state index contributed by atoms with van der Waals surface area (Å²) in [6.45, 7) is 6.01. The van der Waals surface area contributed by atoms with Crippen LogP contribution in [0.25, 0.3) is 0 Å². The fourth-order valence-electron chi connectivity index (χ4n) is 3.04. The summed E-state index contributed by atoms with van der Waals surface area (Å²) in [5, 5.41) is 5.70. The summed E-state index contributed by atoms with van der Waals surface area (Å²) in [6.07, 6.45) is 2.79. The van der Waals surface area contributed by atoms with Crippen LogP contribution in [0.1, 0.15) is 44.2 Å². The second-order valence-electron chi connectivity index (χ2n) is 7.91. The van der Waals surface area contributed by atoms with Gasteiger partial charge in [0.1, 0.15) is 6.04 Å². The molecule has 0 radical (unpaired) electrons. The van der Waals surface area contributed by atoms with E-state index >= 15 is 0 Å². The van der Waals surface area contributed by atoms with Gasteiger partial charge in [0.25, 0.3) is 5.91 Å². The number of hydrogen-bond acceptors (Lipinski definition) is 4. The van der Waals surface area contributed by atoms with E-state index in [9.17, 15) is 14.4 Å². The standard InChI is InChI=1S/C21H25N3O4/c1-21(2,3)20(27)23-15-8-4-7-14(13-15)22-18(25)16-9-5-11-24(16)19(26)17-10-6-12-28-17/h4,6-8,10,12-13,16H,5,9,11H2,1-3H3,(H,22,25)(H,23,27)/t16-/m0/s1. The van der Waals surface area contributed by atoms with E-state index in [1.807, 2.05) is 20.8 Å². The van der Waals surface area contributed by atoms with Gasteiger partial charge >= 0.3 is 0 Å². The maximum Gasteiger partial charge on any atom is 0.290 e. The second-order valence-corrected chi connectivity index (χ2v) is 7.91. The van der Waals surface area contributed by atoms with Gasteiger partial charge in [-0.25, -0.2) is 0 Å². The van der Waals surface area contributed by atoms with E-state index in [0.29, 0.717) is 24.3 Å². The Hall–Kier alpha value is -3.09. The van der Waals surface area contributed by atoms with Crippen molar-refractivity contribution in [3.63, 3.8) is 0 Å². The average Bonchev–Trinajstić information content (AvgIpc) is 3.32. The molecule has 0 bridgehead atoms. The van der Waals surface area contributed by atoms with Crippen LogP contribution in [0.15, 0.2) is 47.1 Å². The lowest BCUT2D eigenvalue weighted by molar-refractivity contribution is -0.123. The summed E-state index contributed by atoms with van der Waals surface area (Å²) < 4.78 is 5.17. The third-order valence-electron chi connectivity index (χ3n) is 4.62. The SMILES string of the molecule is CC(C)(C)C(=O)Nc1cccc(NC(=O)[C@@H]2CCCN2C(=O)c2ccco2)c1. The van der Waals surface area contributed by atoms with Crippen LogP contribution in [0.5, 0.6) is 0 Å². The van der Waals surface area contributed by atoms with Crippen LogP contribution >= 0.6 is 0 Å². The van der Waals surface area contributed by atoms with Crippen LogP contribution in [0.3, 0.4) is 0 Å². The zero-order valence-electron chi connectivity index (χ0n) is 16.3. The minimum absolute atomic E-state index is 0.109. The summed E-state index contributed by atoms with van der Waals surface area (Å²) in [7, 11) is 0. The van der Waals surface area contributed by atoms with Crippen LogP contribution < -0.4 is 10.6 Å². The lowest BCUT2D eigenvalue weighted by atomic mass is 9.95. The number of nitrogens with zero attached hydrogens (tertiary/aromatic N) is 1. The van der Waals surface area contributed by atoms with Crippen molar-refractivity contribution in [2.45, 2.75) is 39.7 Å². The predicted octanol–water partition coefficient (Wildman–Crippen LogP) is 3.51. The number of hydrogen-bond donors (Lipinski definition) is 2. The number of rotatable bonds is 4. The smallest absolute Gasteiger partial charge is 0.290 e. The fourth-order valence-corrected chi connectivity index (χ4v) is 3.04. The van der Waals surface area contributed by atoms with Crippen molar-refractivity contribution in [1.29, 1.82) is 0 Å². The van der Waals surface area contributed by atoms with E-state index in [1.54, 1.807) is 41.3 Å². The Balaban J connectivity index is 1.68. The maximum absolute atomic E-state index is 12.8. The van der Waals surface area contributed by atoms with Crippen molar-refractivity contribution >= 4 is 29.1 Å². The first kappa shape index (κ1) is 19.7. The number of furan rings is 1. The molecule has 2 N–H and O–H groups in total. The van der Waals surface area contributed by atoms with Gasteiger partial charge in [0.05, 0.1) is 6.26 Å². The molecule has 1 aromatic carbocycles. The van der Waals surface area contributed by atoms with Crippen molar-refractivity contribution < 1.29 is 18.8 Å². The van der Waals surface area contributed by atoms with Crippen LogP contribution in [-0.2, 0) is 9.59 Å². The molecule has 2 aromatic rings. The minimum Gasteiger partial charge on any atom is -0.459 e. The first-order valence-corrected chi connectivity index (χ1v) is 9.32. The van der Waals surface area contributed by atoms with Crippen molar-refractivity contribution in [2.24, 2.45) is 5.41 Å². The number of carbonyl (C=O) groups excluding carboxylic acids is 3. The molecule has 3 rings (SSSR count). The van der Waals surface area contributed by atoms with Gasteiger partial charge in [0.15, 0.2) is 5.76 Å². The molecule has 1 saturated heterocycles. The number of amides is 3. The van der Waals surface area contributed by atoms with Gasteiger partial charge in [-0.3, -0.25) is 14.4 Å². The second kappa shape index (κ2) is 7.88. The molecule has 1 atom stereocenters. The highest BCUT2D eigenvalue weighted by molar-refractivity contribution is 6.01. The largest absolute Gasteiger partial charge is 0.459 e. The lowest BCUT2D eigenvalue weighted by Gasteiger charge is -2.23. The normalized spacial score (nSPS) is 16.7. The Morgan fingerprint density at radius 3 is 2.43 bits per heavy atom. The van der Waals surface area contributed by atoms with Gasteiger partial charge in [-0.2, -0.15) is 0 Å². The zero-order valence-corrected chi connectivity index (χ0v) is 16.3. The molecule has 0 aliphatic carbocycles. The van der Waals surface area contributed by atoms with Gasteiger partial charge in [0, 0.05) is 23.3 Å². The van der Waals surface area contributed by atoms with Crippen molar-refractivity contribution in [1.82, 2.24) is 4.90 Å². The summed E-state index contributed by atoms with van der Waals surface area (Å²) in [4.78, 5) is 39.0. The third-order valence-corrected chi connectivity index (χ3v) is 4.62. The van der Waals surface area contributed by atoms with Gasteiger partial charge in [-0.15, -0.1) is 0 Å². The van der Waals surface area contributed by atoms with Gasteiger partial charge in [-0.05, 0) is 43.2 Å². The number of benzene rings is 1. The Morgan fingerprint density at radius 2 is 1.79 bits per heavy atom. The van der Waals surface area contributed by atoms with E-state index in [0.717, 1.165) is 6.42 Å². The predicted molar refractivity (Wildman–Crippen MR) is 106 cm³/mol. The summed E-state index contributed by atoms with van der Waals surface area (Å²) in [5.41, 5.74) is 0.650. The van der Waals surface area contributed by atoms with Crippen LogP contribution in [0, 0.1) is 5.41 Å². The molecule has 1 aliphatic rings. The van der Waals surface area contributed by atoms with Crippen LogP contribution in [0.4, 0.5) is 11.4 Å². The monoisotopic (exact) mass is 383 g/mol. The number of anilines is 2. The van der Waals surface area contributed by atoms with Crippen molar-refractivity contribution in [3.05, 3.63) is 48.4 Å². The molecule has 0 spiro atoms. The van der Waals surface area contributed by atoms with Crippen LogP contribution in [0.2, 0.25) is 0 Å². The zero-order chi connectivity index (χ0) is 20.3. The molecular weight excluding hydrogens is 358 g/mol. The molecule has 0 unspecified atom stereocenters. The van der Waals surface area contributed by atoms with Crippen molar-refractivity contribution in [3.8, 4) is 0 Å². The first-order chi connectivity index (χ1) is 13.3. The van der Waals surface area contributed by atoms with Gasteiger partial charge in [-0.1, -0.05) is 26.8 Å². The highest BCUT2D eigenvalue weighted by Gasteiger charge is 2.35. The molecule has 1 fully saturated rings. The molecular formula is C21H25N3O4.